The van der Waals surface area contributed by atoms with Gasteiger partial charge in [0.25, 0.3) is 11.8 Å². The standard InChI is InChI=1S/C21H28N2O7/c1-16(23-20(25)17-4-2-3-5-18(17)21(23)26)19(24)22-6-8-27-10-12-29-14-15-30-13-11-28-9-7-22/h2-5,16H,6-15H2,1H3. The van der Waals surface area contributed by atoms with Crippen molar-refractivity contribution in [1.82, 2.24) is 9.80 Å². The summed E-state index contributed by atoms with van der Waals surface area (Å²) < 4.78 is 21.9. The number of imide groups is 1. The van der Waals surface area contributed by atoms with Crippen LogP contribution in [0.5, 0.6) is 0 Å². The van der Waals surface area contributed by atoms with Gasteiger partial charge in [0.05, 0.1) is 64.0 Å². The molecule has 0 aliphatic carbocycles. The van der Waals surface area contributed by atoms with Crippen LogP contribution in [-0.4, -0.2) is 99.5 Å². The van der Waals surface area contributed by atoms with Gasteiger partial charge in [0.15, 0.2) is 0 Å². The van der Waals surface area contributed by atoms with Crippen molar-refractivity contribution in [2.75, 3.05) is 65.9 Å². The number of ether oxygens (including phenoxy) is 4. The molecule has 0 bridgehead atoms. The van der Waals surface area contributed by atoms with Gasteiger partial charge in [-0.2, -0.15) is 0 Å². The Morgan fingerprint density at radius 3 is 1.60 bits per heavy atom. The molecular weight excluding hydrogens is 392 g/mol. The van der Waals surface area contributed by atoms with Gasteiger partial charge < -0.3 is 23.8 Å². The van der Waals surface area contributed by atoms with E-state index in [0.717, 1.165) is 4.90 Å². The van der Waals surface area contributed by atoms with E-state index in [9.17, 15) is 14.4 Å². The van der Waals surface area contributed by atoms with Gasteiger partial charge >= 0.3 is 0 Å². The minimum atomic E-state index is -0.925. The molecule has 9 nitrogen and oxygen atoms in total. The summed E-state index contributed by atoms with van der Waals surface area (Å²) in [7, 11) is 0. The first kappa shape index (κ1) is 22.4. The van der Waals surface area contributed by atoms with Crippen molar-refractivity contribution in [2.24, 2.45) is 0 Å². The summed E-state index contributed by atoms with van der Waals surface area (Å²) in [4.78, 5) is 41.1. The first-order valence-electron chi connectivity index (χ1n) is 10.2. The van der Waals surface area contributed by atoms with E-state index in [4.69, 9.17) is 18.9 Å². The number of nitrogens with zero attached hydrogens (tertiary/aromatic N) is 2. The summed E-state index contributed by atoms with van der Waals surface area (Å²) in [5, 5.41) is 0. The molecule has 1 saturated heterocycles. The predicted molar refractivity (Wildman–Crippen MR) is 106 cm³/mol. The van der Waals surface area contributed by atoms with Crippen LogP contribution in [0.3, 0.4) is 0 Å². The normalized spacial score (nSPS) is 21.0. The van der Waals surface area contributed by atoms with E-state index >= 15 is 0 Å². The summed E-state index contributed by atoms with van der Waals surface area (Å²) >= 11 is 0. The molecule has 3 amide bonds. The highest BCUT2D eigenvalue weighted by atomic mass is 16.6. The average molecular weight is 420 g/mol. The molecule has 0 aromatic heterocycles. The molecule has 0 saturated carbocycles. The molecule has 1 fully saturated rings. The van der Waals surface area contributed by atoms with Gasteiger partial charge in [0.1, 0.15) is 6.04 Å². The summed E-state index contributed by atoms with van der Waals surface area (Å²) in [5.41, 5.74) is 0.650. The Morgan fingerprint density at radius 1 is 0.767 bits per heavy atom. The van der Waals surface area contributed by atoms with Crippen molar-refractivity contribution in [2.45, 2.75) is 13.0 Å². The second kappa shape index (κ2) is 11.2. The Kier molecular flexibility index (Phi) is 8.32. The molecule has 2 aliphatic heterocycles. The summed E-state index contributed by atoms with van der Waals surface area (Å²) in [6.07, 6.45) is 0. The second-order valence-corrected chi connectivity index (χ2v) is 6.98. The topological polar surface area (TPSA) is 94.6 Å². The van der Waals surface area contributed by atoms with Crippen LogP contribution in [-0.2, 0) is 23.7 Å². The van der Waals surface area contributed by atoms with E-state index in [1.54, 1.807) is 36.1 Å². The van der Waals surface area contributed by atoms with Gasteiger partial charge in [0.2, 0.25) is 5.91 Å². The maximum atomic E-state index is 13.1. The molecule has 3 rings (SSSR count). The Hall–Kier alpha value is -2.33. The smallest absolute Gasteiger partial charge is 0.262 e. The molecule has 0 spiro atoms. The van der Waals surface area contributed by atoms with Crippen LogP contribution in [0.2, 0.25) is 0 Å². The van der Waals surface area contributed by atoms with E-state index in [1.807, 2.05) is 0 Å². The van der Waals surface area contributed by atoms with Gasteiger partial charge in [-0.05, 0) is 19.1 Å². The molecule has 2 heterocycles. The summed E-state index contributed by atoms with van der Waals surface area (Å²) in [5.74, 6) is -1.22. The van der Waals surface area contributed by atoms with Crippen LogP contribution in [0.25, 0.3) is 0 Å². The first-order valence-corrected chi connectivity index (χ1v) is 10.2. The molecular formula is C21H28N2O7. The fourth-order valence-corrected chi connectivity index (χ4v) is 3.38. The molecule has 2 aliphatic rings. The highest BCUT2D eigenvalue weighted by Crippen LogP contribution is 2.25. The van der Waals surface area contributed by atoms with Crippen molar-refractivity contribution in [3.63, 3.8) is 0 Å². The zero-order valence-electron chi connectivity index (χ0n) is 17.2. The summed E-state index contributed by atoms with van der Waals surface area (Å²) in [6, 6.07) is 5.68. The van der Waals surface area contributed by atoms with Gasteiger partial charge in [-0.25, -0.2) is 0 Å². The zero-order chi connectivity index (χ0) is 21.3. The van der Waals surface area contributed by atoms with Crippen molar-refractivity contribution in [1.29, 1.82) is 0 Å². The lowest BCUT2D eigenvalue weighted by Gasteiger charge is -2.29. The monoisotopic (exact) mass is 420 g/mol. The maximum Gasteiger partial charge on any atom is 0.262 e. The number of fused-ring (bicyclic) bond motifs is 1. The molecule has 30 heavy (non-hydrogen) atoms. The quantitative estimate of drug-likeness (QED) is 0.646. The van der Waals surface area contributed by atoms with Crippen LogP contribution >= 0.6 is 0 Å². The molecule has 1 aromatic rings. The Morgan fingerprint density at radius 2 is 1.17 bits per heavy atom. The number of hydrogen-bond acceptors (Lipinski definition) is 7. The lowest BCUT2D eigenvalue weighted by Crippen LogP contribution is -2.51. The third-order valence-corrected chi connectivity index (χ3v) is 5.01. The summed E-state index contributed by atoms with van der Waals surface area (Å²) in [6.45, 7) is 5.55. The molecule has 9 heteroatoms. The zero-order valence-corrected chi connectivity index (χ0v) is 17.2. The Bertz CT molecular complexity index is 704. The van der Waals surface area contributed by atoms with Gasteiger partial charge in [-0.1, -0.05) is 12.1 Å². The van der Waals surface area contributed by atoms with Gasteiger partial charge in [0, 0.05) is 13.1 Å². The number of rotatable bonds is 2. The lowest BCUT2D eigenvalue weighted by atomic mass is 10.1. The fraction of sp³-hybridized carbons (Fsp3) is 0.571. The van der Waals surface area contributed by atoms with E-state index in [-0.39, 0.29) is 5.91 Å². The molecule has 0 radical (unpaired) electrons. The number of hydrogen-bond donors (Lipinski definition) is 0. The van der Waals surface area contributed by atoms with E-state index < -0.39 is 17.9 Å². The highest BCUT2D eigenvalue weighted by molar-refractivity contribution is 6.22. The molecule has 1 atom stereocenters. The number of amides is 3. The van der Waals surface area contributed by atoms with Crippen LogP contribution in [0.15, 0.2) is 24.3 Å². The van der Waals surface area contributed by atoms with Crippen molar-refractivity contribution >= 4 is 17.7 Å². The minimum Gasteiger partial charge on any atom is -0.377 e. The van der Waals surface area contributed by atoms with Gasteiger partial charge in [-0.3, -0.25) is 19.3 Å². The van der Waals surface area contributed by atoms with Crippen molar-refractivity contribution < 1.29 is 33.3 Å². The molecule has 164 valence electrons. The highest BCUT2D eigenvalue weighted by Gasteiger charge is 2.41. The lowest BCUT2D eigenvalue weighted by molar-refractivity contribution is -0.136. The third-order valence-electron chi connectivity index (χ3n) is 5.01. The average Bonchev–Trinajstić information content (AvgIpc) is 3.00. The van der Waals surface area contributed by atoms with Crippen LogP contribution < -0.4 is 0 Å². The largest absolute Gasteiger partial charge is 0.377 e. The number of benzene rings is 1. The Labute approximate surface area is 175 Å². The van der Waals surface area contributed by atoms with E-state index in [1.165, 1.54) is 0 Å². The van der Waals surface area contributed by atoms with Crippen LogP contribution in [0, 0.1) is 0 Å². The third kappa shape index (κ3) is 5.42. The van der Waals surface area contributed by atoms with Crippen LogP contribution in [0.4, 0.5) is 0 Å². The molecule has 1 aromatic carbocycles. The van der Waals surface area contributed by atoms with E-state index in [2.05, 4.69) is 0 Å². The fourth-order valence-electron chi connectivity index (χ4n) is 3.38. The van der Waals surface area contributed by atoms with Crippen molar-refractivity contribution in [3.8, 4) is 0 Å². The van der Waals surface area contributed by atoms with E-state index in [0.29, 0.717) is 77.1 Å². The Balaban J connectivity index is 1.64. The maximum absolute atomic E-state index is 13.1. The van der Waals surface area contributed by atoms with Crippen LogP contribution in [0.1, 0.15) is 27.6 Å². The molecule has 1 unspecified atom stereocenters. The van der Waals surface area contributed by atoms with Gasteiger partial charge in [-0.15, -0.1) is 0 Å². The first-order chi connectivity index (χ1) is 14.6. The number of carbonyl (C=O) groups is 3. The molecule has 0 N–H and O–H groups in total. The second-order valence-electron chi connectivity index (χ2n) is 6.98. The van der Waals surface area contributed by atoms with Crippen molar-refractivity contribution in [3.05, 3.63) is 35.4 Å². The number of carbonyl (C=O) groups excluding carboxylic acids is 3. The predicted octanol–water partition coefficient (Wildman–Crippen LogP) is 0.580. The minimum absolute atomic E-state index is 0.320. The SMILES string of the molecule is CC(C(=O)N1CCOCCOCCOCCOCC1)N1C(=O)c2ccccc2C1=O.